The number of hydrogen-bond donors (Lipinski definition) is 1. The van der Waals surface area contributed by atoms with Crippen LogP contribution >= 0.6 is 11.6 Å². The van der Waals surface area contributed by atoms with Gasteiger partial charge in [-0.2, -0.15) is 0 Å². The molecule has 0 unspecified atom stereocenters. The maximum absolute atomic E-state index is 12.2. The second-order valence-electron chi connectivity index (χ2n) is 6.27. The molecule has 0 aliphatic heterocycles. The molecule has 0 spiro atoms. The minimum absolute atomic E-state index is 0.227. The van der Waals surface area contributed by atoms with Crippen molar-refractivity contribution in [3.8, 4) is 0 Å². The van der Waals surface area contributed by atoms with Crippen LogP contribution in [0, 0.1) is 0 Å². The Labute approximate surface area is 170 Å². The molecule has 152 valence electrons. The van der Waals surface area contributed by atoms with E-state index in [1.54, 1.807) is 30.3 Å². The van der Waals surface area contributed by atoms with E-state index in [2.05, 4.69) is 5.32 Å². The molecule has 0 fully saturated rings. The number of hydrogen-bond acceptors (Lipinski definition) is 5. The van der Waals surface area contributed by atoms with Gasteiger partial charge >= 0.3 is 0 Å². The number of carbonyl (C=O) groups is 1. The first-order chi connectivity index (χ1) is 13.0. The number of amides is 1. The molecule has 0 bridgehead atoms. The highest BCUT2D eigenvalue weighted by atomic mass is 35.5. The van der Waals surface area contributed by atoms with E-state index in [0.717, 1.165) is 22.4 Å². The Hall–Kier alpha value is -2.10. The summed E-state index contributed by atoms with van der Waals surface area (Å²) in [6, 6.07) is 12.6. The smallest absolute Gasteiger partial charge is 0.240 e. The van der Waals surface area contributed by atoms with Gasteiger partial charge in [-0.25, -0.2) is 16.8 Å². The Kier molecular flexibility index (Phi) is 7.08. The highest BCUT2D eigenvalue weighted by molar-refractivity contribution is 7.92. The average molecular weight is 445 g/mol. The fourth-order valence-corrected chi connectivity index (χ4v) is 4.13. The Balaban J connectivity index is 1.96. The molecule has 1 amide bonds. The first-order valence-corrected chi connectivity index (χ1v) is 12.4. The van der Waals surface area contributed by atoms with Crippen molar-refractivity contribution in [2.24, 2.45) is 0 Å². The van der Waals surface area contributed by atoms with Gasteiger partial charge in [-0.15, -0.1) is 0 Å². The summed E-state index contributed by atoms with van der Waals surface area (Å²) in [5.41, 5.74) is 1.16. The maximum atomic E-state index is 12.2. The standard InChI is InChI=1S/C18H21ClN2O5S2/c1-27(23,24)17-8-6-14(7-9-17)10-11-20-18(22)13-21(28(2,25)26)16-5-3-4-15(19)12-16/h3-9,12H,10-11,13H2,1-2H3,(H,20,22). The van der Waals surface area contributed by atoms with E-state index in [4.69, 9.17) is 11.6 Å². The molecule has 0 saturated heterocycles. The van der Waals surface area contributed by atoms with Crippen LogP contribution in [0.3, 0.4) is 0 Å². The zero-order chi connectivity index (χ0) is 20.9. The molecule has 0 atom stereocenters. The lowest BCUT2D eigenvalue weighted by atomic mass is 10.1. The van der Waals surface area contributed by atoms with Crippen LogP contribution in [0.25, 0.3) is 0 Å². The third-order valence-electron chi connectivity index (χ3n) is 3.87. The third kappa shape index (κ3) is 6.50. The minimum atomic E-state index is -3.67. The zero-order valence-electron chi connectivity index (χ0n) is 15.4. The van der Waals surface area contributed by atoms with Crippen LogP contribution in [0.5, 0.6) is 0 Å². The van der Waals surface area contributed by atoms with Gasteiger partial charge in [0.1, 0.15) is 6.54 Å². The highest BCUT2D eigenvalue weighted by Crippen LogP contribution is 2.21. The van der Waals surface area contributed by atoms with Crippen molar-refractivity contribution in [3.63, 3.8) is 0 Å². The maximum Gasteiger partial charge on any atom is 0.240 e. The first-order valence-electron chi connectivity index (χ1n) is 8.26. The minimum Gasteiger partial charge on any atom is -0.354 e. The molecule has 0 aliphatic carbocycles. The SMILES string of the molecule is CS(=O)(=O)c1ccc(CCNC(=O)CN(c2cccc(Cl)c2)S(C)(=O)=O)cc1. The summed E-state index contributed by atoms with van der Waals surface area (Å²) < 4.78 is 48.0. The van der Waals surface area contributed by atoms with Crippen LogP contribution in [0.15, 0.2) is 53.4 Å². The zero-order valence-corrected chi connectivity index (χ0v) is 17.8. The summed E-state index contributed by atoms with van der Waals surface area (Å²) in [6.07, 6.45) is 2.63. The predicted octanol–water partition coefficient (Wildman–Crippen LogP) is 1.87. The molecular formula is C18H21ClN2O5S2. The van der Waals surface area contributed by atoms with Crippen molar-refractivity contribution in [3.05, 3.63) is 59.1 Å². The lowest BCUT2D eigenvalue weighted by Crippen LogP contribution is -2.40. The topological polar surface area (TPSA) is 101 Å². The molecule has 1 N–H and O–H groups in total. The summed E-state index contributed by atoms with van der Waals surface area (Å²) in [5, 5.41) is 3.03. The molecule has 0 aliphatic rings. The van der Waals surface area contributed by atoms with Crippen molar-refractivity contribution < 1.29 is 21.6 Å². The molecule has 2 aromatic carbocycles. The lowest BCUT2D eigenvalue weighted by molar-refractivity contribution is -0.119. The largest absolute Gasteiger partial charge is 0.354 e. The molecule has 0 saturated carbocycles. The number of carbonyl (C=O) groups excluding carboxylic acids is 1. The molecule has 10 heteroatoms. The molecule has 7 nitrogen and oxygen atoms in total. The second kappa shape index (κ2) is 8.93. The number of rotatable bonds is 8. The number of nitrogens with one attached hydrogen (secondary N) is 1. The molecule has 2 rings (SSSR count). The van der Waals surface area contributed by atoms with Gasteiger partial charge in [0.2, 0.25) is 15.9 Å². The van der Waals surface area contributed by atoms with E-state index >= 15 is 0 Å². The van der Waals surface area contributed by atoms with Crippen molar-refractivity contribution in [1.82, 2.24) is 5.32 Å². The summed E-state index contributed by atoms with van der Waals surface area (Å²) in [7, 11) is -6.92. The number of halogens is 1. The van der Waals surface area contributed by atoms with Gasteiger partial charge < -0.3 is 5.32 Å². The van der Waals surface area contributed by atoms with Gasteiger partial charge in [0.05, 0.1) is 16.8 Å². The Morgan fingerprint density at radius 3 is 2.21 bits per heavy atom. The number of nitrogens with zero attached hydrogens (tertiary/aromatic N) is 1. The van der Waals surface area contributed by atoms with Crippen LogP contribution in [0.2, 0.25) is 5.02 Å². The number of anilines is 1. The normalized spacial score (nSPS) is 11.8. The van der Waals surface area contributed by atoms with E-state index in [-0.39, 0.29) is 18.0 Å². The molecular weight excluding hydrogens is 424 g/mol. The van der Waals surface area contributed by atoms with Crippen molar-refractivity contribution in [1.29, 1.82) is 0 Å². The van der Waals surface area contributed by atoms with Gasteiger partial charge in [0.25, 0.3) is 0 Å². The van der Waals surface area contributed by atoms with Crippen molar-refractivity contribution in [2.75, 3.05) is 29.9 Å². The van der Waals surface area contributed by atoms with E-state index in [9.17, 15) is 21.6 Å². The Morgan fingerprint density at radius 2 is 1.68 bits per heavy atom. The molecule has 2 aromatic rings. The van der Waals surface area contributed by atoms with Gasteiger partial charge in [-0.3, -0.25) is 9.10 Å². The molecule has 28 heavy (non-hydrogen) atoms. The quantitative estimate of drug-likeness (QED) is 0.669. The lowest BCUT2D eigenvalue weighted by Gasteiger charge is -2.22. The summed E-state index contributed by atoms with van der Waals surface area (Å²) in [4.78, 5) is 12.4. The second-order valence-corrected chi connectivity index (χ2v) is 10.6. The number of sulfonamides is 1. The molecule has 0 aromatic heterocycles. The number of benzene rings is 2. The number of sulfone groups is 1. The fraction of sp³-hybridized carbons (Fsp3) is 0.278. The van der Waals surface area contributed by atoms with Gasteiger partial charge in [-0.05, 0) is 42.3 Å². The van der Waals surface area contributed by atoms with Gasteiger partial charge in [0.15, 0.2) is 9.84 Å². The summed E-state index contributed by atoms with van der Waals surface area (Å²) in [6.45, 7) is -0.0869. The van der Waals surface area contributed by atoms with Crippen LogP contribution in [-0.4, -0.2) is 48.3 Å². The Bertz CT molecular complexity index is 1050. The Morgan fingerprint density at radius 1 is 1.04 bits per heavy atom. The van der Waals surface area contributed by atoms with Gasteiger partial charge in [0, 0.05) is 17.8 Å². The molecule has 0 heterocycles. The van der Waals surface area contributed by atoms with Crippen LogP contribution in [0.1, 0.15) is 5.56 Å². The van der Waals surface area contributed by atoms with Crippen LogP contribution in [-0.2, 0) is 31.1 Å². The fourth-order valence-electron chi connectivity index (χ4n) is 2.47. The van der Waals surface area contributed by atoms with Gasteiger partial charge in [-0.1, -0.05) is 29.8 Å². The van der Waals surface area contributed by atoms with E-state index in [1.807, 2.05) is 0 Å². The average Bonchev–Trinajstić information content (AvgIpc) is 2.58. The monoisotopic (exact) mass is 444 g/mol. The van der Waals surface area contributed by atoms with Crippen molar-refractivity contribution >= 4 is 43.1 Å². The highest BCUT2D eigenvalue weighted by Gasteiger charge is 2.20. The molecule has 0 radical (unpaired) electrons. The van der Waals surface area contributed by atoms with E-state index in [0.29, 0.717) is 17.1 Å². The summed E-state index contributed by atoms with van der Waals surface area (Å²) in [5.74, 6) is -0.460. The predicted molar refractivity (Wildman–Crippen MR) is 110 cm³/mol. The van der Waals surface area contributed by atoms with Crippen LogP contribution in [0.4, 0.5) is 5.69 Å². The van der Waals surface area contributed by atoms with Crippen LogP contribution < -0.4 is 9.62 Å². The van der Waals surface area contributed by atoms with E-state index in [1.165, 1.54) is 18.2 Å². The first kappa shape index (κ1) is 22.2. The van der Waals surface area contributed by atoms with Crippen molar-refractivity contribution in [2.45, 2.75) is 11.3 Å². The summed E-state index contributed by atoms with van der Waals surface area (Å²) >= 11 is 5.91. The van der Waals surface area contributed by atoms with E-state index < -0.39 is 25.8 Å². The third-order valence-corrected chi connectivity index (χ3v) is 6.38.